The lowest BCUT2D eigenvalue weighted by Crippen LogP contribution is -2.31. The van der Waals surface area contributed by atoms with Crippen LogP contribution in [0.1, 0.15) is 34.5 Å². The molecule has 0 heterocycles. The van der Waals surface area contributed by atoms with Crippen LogP contribution in [0, 0.1) is 11.3 Å². The van der Waals surface area contributed by atoms with Crippen molar-refractivity contribution in [3.8, 4) is 6.07 Å². The monoisotopic (exact) mass is 342 g/mol. The van der Waals surface area contributed by atoms with E-state index in [2.05, 4.69) is 5.32 Å². The van der Waals surface area contributed by atoms with E-state index in [0.29, 0.717) is 10.6 Å². The molecule has 0 spiro atoms. The van der Waals surface area contributed by atoms with E-state index in [9.17, 15) is 9.59 Å². The predicted molar refractivity (Wildman–Crippen MR) is 89.4 cm³/mol. The highest BCUT2D eigenvalue weighted by Crippen LogP contribution is 2.15. The molecule has 2 rings (SSSR count). The van der Waals surface area contributed by atoms with E-state index in [1.165, 1.54) is 24.3 Å². The molecule has 0 aliphatic rings. The van der Waals surface area contributed by atoms with Crippen LogP contribution in [0.3, 0.4) is 0 Å². The second-order valence-corrected chi connectivity index (χ2v) is 5.54. The van der Waals surface area contributed by atoms with Crippen molar-refractivity contribution in [2.75, 3.05) is 6.61 Å². The fourth-order valence-electron chi connectivity index (χ4n) is 2.01. The maximum absolute atomic E-state index is 11.9. The smallest absolute Gasteiger partial charge is 0.338 e. The number of ether oxygens (including phenoxy) is 1. The molecule has 0 aliphatic heterocycles. The molecule has 1 amide bonds. The van der Waals surface area contributed by atoms with Gasteiger partial charge in [-0.1, -0.05) is 23.7 Å². The first-order chi connectivity index (χ1) is 11.5. The number of benzene rings is 2. The number of amides is 1. The number of hydrogen-bond donors (Lipinski definition) is 1. The summed E-state index contributed by atoms with van der Waals surface area (Å²) >= 11 is 5.82. The molecular weight excluding hydrogens is 328 g/mol. The van der Waals surface area contributed by atoms with E-state index in [-0.39, 0.29) is 18.2 Å². The third-order valence-electron chi connectivity index (χ3n) is 3.33. The molecule has 2 aromatic carbocycles. The molecular formula is C18H15ClN2O3. The number of halogens is 1. The lowest BCUT2D eigenvalue weighted by molar-refractivity contribution is -0.124. The summed E-state index contributed by atoms with van der Waals surface area (Å²) in [4.78, 5) is 23.7. The van der Waals surface area contributed by atoms with Gasteiger partial charge in [0.2, 0.25) is 0 Å². The first-order valence-electron chi connectivity index (χ1n) is 7.21. The number of esters is 1. The van der Waals surface area contributed by atoms with Crippen molar-refractivity contribution in [2.45, 2.75) is 13.0 Å². The molecule has 122 valence electrons. The third-order valence-corrected chi connectivity index (χ3v) is 3.58. The number of carbonyl (C=O) groups excluding carboxylic acids is 2. The highest BCUT2D eigenvalue weighted by Gasteiger charge is 2.13. The largest absolute Gasteiger partial charge is 0.452 e. The van der Waals surface area contributed by atoms with Crippen LogP contribution in [0.5, 0.6) is 0 Å². The Morgan fingerprint density at radius 1 is 1.17 bits per heavy atom. The molecule has 24 heavy (non-hydrogen) atoms. The van der Waals surface area contributed by atoms with E-state index >= 15 is 0 Å². The number of nitrogens with zero attached hydrogens (tertiary/aromatic N) is 1. The Morgan fingerprint density at radius 3 is 2.38 bits per heavy atom. The minimum atomic E-state index is -0.617. The van der Waals surface area contributed by atoms with Crippen LogP contribution in [0.2, 0.25) is 5.02 Å². The van der Waals surface area contributed by atoms with Crippen LogP contribution < -0.4 is 5.32 Å². The molecule has 0 saturated carbocycles. The van der Waals surface area contributed by atoms with Gasteiger partial charge in [-0.05, 0) is 48.9 Å². The zero-order valence-corrected chi connectivity index (χ0v) is 13.7. The average Bonchev–Trinajstić information content (AvgIpc) is 2.60. The van der Waals surface area contributed by atoms with E-state index in [1.54, 1.807) is 12.1 Å². The number of nitrogens with one attached hydrogen (secondary N) is 1. The van der Waals surface area contributed by atoms with Crippen molar-refractivity contribution in [3.63, 3.8) is 0 Å². The van der Waals surface area contributed by atoms with Gasteiger partial charge in [-0.2, -0.15) is 5.26 Å². The van der Waals surface area contributed by atoms with Gasteiger partial charge in [-0.15, -0.1) is 0 Å². The molecule has 5 nitrogen and oxygen atoms in total. The van der Waals surface area contributed by atoms with E-state index in [0.717, 1.165) is 5.56 Å². The lowest BCUT2D eigenvalue weighted by atomic mass is 10.1. The standard InChI is InChI=1S/C18H15ClN2O3/c1-12(14-6-8-16(19)9-7-14)21-17(22)11-24-18(23)15-4-2-13(10-20)3-5-15/h2-9,12H,11H2,1H3,(H,21,22)/t12-/m0/s1. The maximum Gasteiger partial charge on any atom is 0.338 e. The highest BCUT2D eigenvalue weighted by atomic mass is 35.5. The first kappa shape index (κ1) is 17.5. The Balaban J connectivity index is 1.84. The van der Waals surface area contributed by atoms with Crippen LogP contribution >= 0.6 is 11.6 Å². The summed E-state index contributed by atoms with van der Waals surface area (Å²) in [5.74, 6) is -1.02. The average molecular weight is 343 g/mol. The van der Waals surface area contributed by atoms with Gasteiger partial charge >= 0.3 is 5.97 Å². The van der Waals surface area contributed by atoms with Crippen LogP contribution in [0.25, 0.3) is 0 Å². The fraction of sp³-hybridized carbons (Fsp3) is 0.167. The molecule has 6 heteroatoms. The number of nitriles is 1. The van der Waals surface area contributed by atoms with Crippen molar-refractivity contribution in [2.24, 2.45) is 0 Å². The van der Waals surface area contributed by atoms with Gasteiger partial charge in [0, 0.05) is 5.02 Å². The number of rotatable bonds is 5. The molecule has 1 atom stereocenters. The minimum absolute atomic E-state index is 0.233. The van der Waals surface area contributed by atoms with Crippen molar-refractivity contribution < 1.29 is 14.3 Å². The molecule has 0 fully saturated rings. The minimum Gasteiger partial charge on any atom is -0.452 e. The zero-order chi connectivity index (χ0) is 17.5. The molecule has 0 aliphatic carbocycles. The molecule has 0 bridgehead atoms. The van der Waals surface area contributed by atoms with E-state index < -0.39 is 11.9 Å². The zero-order valence-electron chi connectivity index (χ0n) is 13.0. The Morgan fingerprint density at radius 2 is 1.79 bits per heavy atom. The van der Waals surface area contributed by atoms with Gasteiger partial charge in [0.25, 0.3) is 5.91 Å². The number of hydrogen-bond acceptors (Lipinski definition) is 4. The summed E-state index contributed by atoms with van der Waals surface area (Å²) in [5, 5.41) is 12.1. The van der Waals surface area contributed by atoms with E-state index in [4.69, 9.17) is 21.6 Å². The predicted octanol–water partition coefficient (Wildman–Crippen LogP) is 3.25. The Labute approximate surface area is 144 Å². The molecule has 0 radical (unpaired) electrons. The van der Waals surface area contributed by atoms with Crippen LogP contribution in [0.15, 0.2) is 48.5 Å². The SMILES string of the molecule is C[C@H](NC(=O)COC(=O)c1ccc(C#N)cc1)c1ccc(Cl)cc1. The van der Waals surface area contributed by atoms with Crippen molar-refractivity contribution in [1.82, 2.24) is 5.32 Å². The molecule has 2 aromatic rings. The Bertz CT molecular complexity index is 764. The van der Waals surface area contributed by atoms with Gasteiger partial charge in [0.05, 0.1) is 23.2 Å². The second-order valence-electron chi connectivity index (χ2n) is 5.11. The lowest BCUT2D eigenvalue weighted by Gasteiger charge is -2.14. The highest BCUT2D eigenvalue weighted by molar-refractivity contribution is 6.30. The van der Waals surface area contributed by atoms with Crippen molar-refractivity contribution in [1.29, 1.82) is 5.26 Å². The molecule has 0 saturated heterocycles. The van der Waals surface area contributed by atoms with Gasteiger partial charge in [0.1, 0.15) is 0 Å². The Kier molecular flexibility index (Phi) is 5.94. The van der Waals surface area contributed by atoms with Gasteiger partial charge < -0.3 is 10.1 Å². The summed E-state index contributed by atoms with van der Waals surface area (Å²) in [5.41, 5.74) is 1.62. The molecule has 1 N–H and O–H groups in total. The maximum atomic E-state index is 11.9. The van der Waals surface area contributed by atoms with Gasteiger partial charge in [0.15, 0.2) is 6.61 Å². The van der Waals surface area contributed by atoms with Crippen molar-refractivity contribution >= 4 is 23.5 Å². The van der Waals surface area contributed by atoms with E-state index in [1.807, 2.05) is 25.1 Å². The number of carbonyl (C=O) groups is 2. The molecule has 0 unspecified atom stereocenters. The van der Waals surface area contributed by atoms with Gasteiger partial charge in [-0.3, -0.25) is 4.79 Å². The quantitative estimate of drug-likeness (QED) is 0.846. The fourth-order valence-corrected chi connectivity index (χ4v) is 2.14. The van der Waals surface area contributed by atoms with Crippen LogP contribution in [-0.2, 0) is 9.53 Å². The third kappa shape index (κ3) is 4.83. The summed E-state index contributed by atoms with van der Waals surface area (Å²) < 4.78 is 4.96. The summed E-state index contributed by atoms with van der Waals surface area (Å²) in [7, 11) is 0. The first-order valence-corrected chi connectivity index (χ1v) is 7.59. The Hall–Kier alpha value is -2.84. The summed E-state index contributed by atoms with van der Waals surface area (Å²) in [6, 6.07) is 14.8. The topological polar surface area (TPSA) is 79.2 Å². The summed E-state index contributed by atoms with van der Waals surface area (Å²) in [6.07, 6.45) is 0. The molecule has 0 aromatic heterocycles. The second kappa shape index (κ2) is 8.14. The summed E-state index contributed by atoms with van der Waals surface area (Å²) in [6.45, 7) is 1.44. The van der Waals surface area contributed by atoms with Gasteiger partial charge in [-0.25, -0.2) is 4.79 Å². The van der Waals surface area contributed by atoms with Crippen LogP contribution in [-0.4, -0.2) is 18.5 Å². The van der Waals surface area contributed by atoms with Crippen LogP contribution in [0.4, 0.5) is 0 Å². The van der Waals surface area contributed by atoms with Crippen molar-refractivity contribution in [3.05, 3.63) is 70.2 Å². The normalized spacial score (nSPS) is 11.2.